The van der Waals surface area contributed by atoms with Crippen LogP contribution in [0, 0.1) is 0 Å². The van der Waals surface area contributed by atoms with E-state index in [1.807, 2.05) is 0 Å². The van der Waals surface area contributed by atoms with Crippen LogP contribution in [0.15, 0.2) is 29.4 Å². The number of benzene rings is 1. The van der Waals surface area contributed by atoms with Gasteiger partial charge in [-0.2, -0.15) is 13.5 Å². The third kappa shape index (κ3) is 3.09. The third-order valence-electron chi connectivity index (χ3n) is 2.51. The first kappa shape index (κ1) is 15.1. The Bertz CT molecular complexity index is 787. The Morgan fingerprint density at radius 1 is 1.48 bits per heavy atom. The Morgan fingerprint density at radius 2 is 2.19 bits per heavy atom. The summed E-state index contributed by atoms with van der Waals surface area (Å²) in [4.78, 5) is 10.9. The molecule has 2 rings (SSSR count). The molecule has 1 aromatic carbocycles. The van der Waals surface area contributed by atoms with Gasteiger partial charge < -0.3 is 9.84 Å². The molecule has 0 amide bonds. The maximum atomic E-state index is 12.1. The van der Waals surface area contributed by atoms with E-state index in [1.54, 1.807) is 0 Å². The minimum absolute atomic E-state index is 0.159. The molecule has 0 aliphatic heterocycles. The summed E-state index contributed by atoms with van der Waals surface area (Å²) in [5.74, 6) is -1.02. The number of halogens is 1. The zero-order chi connectivity index (χ0) is 15.6. The summed E-state index contributed by atoms with van der Waals surface area (Å²) in [5, 5.41) is 14.1. The van der Waals surface area contributed by atoms with Gasteiger partial charge in [0.25, 0.3) is 10.0 Å². The molecule has 1 aromatic heterocycles. The SMILES string of the molecule is COc1ccc(NS(=O)(=O)c2[nH]ncc2C(=O)O)cc1Cl. The maximum Gasteiger partial charge on any atom is 0.340 e. The van der Waals surface area contributed by atoms with Gasteiger partial charge in [0.05, 0.1) is 24.0 Å². The molecule has 1 heterocycles. The van der Waals surface area contributed by atoms with E-state index in [0.717, 1.165) is 6.20 Å². The smallest absolute Gasteiger partial charge is 0.340 e. The average Bonchev–Trinajstić information content (AvgIpc) is 2.88. The molecule has 0 aliphatic carbocycles. The Hall–Kier alpha value is -2.26. The fraction of sp³-hybridized carbons (Fsp3) is 0.0909. The predicted octanol–water partition coefficient (Wildman–Crippen LogP) is 1.57. The van der Waals surface area contributed by atoms with E-state index in [9.17, 15) is 13.2 Å². The number of sulfonamides is 1. The first-order chi connectivity index (χ1) is 9.85. The Balaban J connectivity index is 2.35. The zero-order valence-electron chi connectivity index (χ0n) is 10.6. The quantitative estimate of drug-likeness (QED) is 0.764. The number of nitrogens with one attached hydrogen (secondary N) is 2. The van der Waals surface area contributed by atoms with Crippen LogP contribution in [0.2, 0.25) is 5.02 Å². The summed E-state index contributed by atoms with van der Waals surface area (Å²) < 4.78 is 31.4. The van der Waals surface area contributed by atoms with Crippen LogP contribution in [-0.2, 0) is 10.0 Å². The number of methoxy groups -OCH3 is 1. The second kappa shape index (κ2) is 5.62. The monoisotopic (exact) mass is 331 g/mol. The summed E-state index contributed by atoms with van der Waals surface area (Å²) in [6.45, 7) is 0. The van der Waals surface area contributed by atoms with Gasteiger partial charge in [0.1, 0.15) is 11.3 Å². The first-order valence-corrected chi connectivity index (χ1v) is 7.34. The van der Waals surface area contributed by atoms with E-state index >= 15 is 0 Å². The Labute approximate surface area is 124 Å². The number of aromatic nitrogens is 2. The first-order valence-electron chi connectivity index (χ1n) is 5.48. The molecule has 0 fully saturated rings. The van der Waals surface area contributed by atoms with Crippen LogP contribution in [0.4, 0.5) is 5.69 Å². The highest BCUT2D eigenvalue weighted by atomic mass is 35.5. The number of rotatable bonds is 5. The normalized spacial score (nSPS) is 11.1. The topological polar surface area (TPSA) is 121 Å². The molecular formula is C11H10ClN3O5S. The second-order valence-corrected chi connectivity index (χ2v) is 5.90. The number of carboxylic acid groups (broad SMARTS) is 1. The molecule has 3 N–H and O–H groups in total. The molecule has 8 nitrogen and oxygen atoms in total. The largest absolute Gasteiger partial charge is 0.495 e. The summed E-state index contributed by atoms with van der Waals surface area (Å²) in [6.07, 6.45) is 0.915. The second-order valence-electron chi connectivity index (χ2n) is 3.87. The van der Waals surface area contributed by atoms with Gasteiger partial charge >= 0.3 is 5.97 Å². The minimum atomic E-state index is -4.13. The lowest BCUT2D eigenvalue weighted by Crippen LogP contribution is -2.16. The van der Waals surface area contributed by atoms with E-state index in [4.69, 9.17) is 21.4 Å². The zero-order valence-corrected chi connectivity index (χ0v) is 12.2. The van der Waals surface area contributed by atoms with Crippen molar-refractivity contribution in [1.82, 2.24) is 10.2 Å². The number of hydrogen-bond acceptors (Lipinski definition) is 5. The molecule has 0 unspecified atom stereocenters. The fourth-order valence-corrected chi connectivity index (χ4v) is 2.97. The van der Waals surface area contributed by atoms with Crippen molar-refractivity contribution < 1.29 is 23.1 Å². The van der Waals surface area contributed by atoms with E-state index in [2.05, 4.69) is 14.9 Å². The maximum absolute atomic E-state index is 12.1. The summed E-state index contributed by atoms with van der Waals surface area (Å²) >= 11 is 5.89. The van der Waals surface area contributed by atoms with Crippen molar-refractivity contribution in [2.45, 2.75) is 5.03 Å². The molecule has 112 valence electrons. The number of aromatic amines is 1. The molecule has 0 aliphatic rings. The van der Waals surface area contributed by atoms with E-state index in [-0.39, 0.29) is 10.7 Å². The molecule has 0 spiro atoms. The predicted molar refractivity (Wildman–Crippen MR) is 74.4 cm³/mol. The van der Waals surface area contributed by atoms with Crippen LogP contribution in [0.1, 0.15) is 10.4 Å². The fourth-order valence-electron chi connectivity index (χ4n) is 1.57. The molecule has 0 atom stereocenters. The van der Waals surface area contributed by atoms with Gasteiger partial charge in [-0.1, -0.05) is 11.6 Å². The van der Waals surface area contributed by atoms with Crippen LogP contribution < -0.4 is 9.46 Å². The van der Waals surface area contributed by atoms with Gasteiger partial charge in [-0.3, -0.25) is 9.82 Å². The lowest BCUT2D eigenvalue weighted by molar-refractivity contribution is 0.0692. The van der Waals surface area contributed by atoms with Crippen LogP contribution in [0.25, 0.3) is 0 Å². The van der Waals surface area contributed by atoms with Crippen molar-refractivity contribution in [2.24, 2.45) is 0 Å². The minimum Gasteiger partial charge on any atom is -0.495 e. The van der Waals surface area contributed by atoms with Crippen molar-refractivity contribution in [1.29, 1.82) is 0 Å². The van der Waals surface area contributed by atoms with Crippen molar-refractivity contribution in [2.75, 3.05) is 11.8 Å². The molecule has 0 bridgehead atoms. The van der Waals surface area contributed by atoms with Crippen LogP contribution in [-0.4, -0.2) is 36.8 Å². The highest BCUT2D eigenvalue weighted by Crippen LogP contribution is 2.28. The van der Waals surface area contributed by atoms with E-state index in [0.29, 0.717) is 5.75 Å². The Kier molecular flexibility index (Phi) is 4.05. The summed E-state index contributed by atoms with van der Waals surface area (Å²) in [5.41, 5.74) is -0.297. The van der Waals surface area contributed by atoms with Crippen LogP contribution in [0.3, 0.4) is 0 Å². The highest BCUT2D eigenvalue weighted by Gasteiger charge is 2.25. The number of H-pyrrole nitrogens is 1. The summed E-state index contributed by atoms with van der Waals surface area (Å²) in [7, 11) is -2.70. The van der Waals surface area contributed by atoms with Gasteiger partial charge in [-0.25, -0.2) is 4.79 Å². The van der Waals surface area contributed by atoms with E-state index < -0.39 is 26.6 Å². The number of carboxylic acids is 1. The Morgan fingerprint density at radius 3 is 2.76 bits per heavy atom. The number of hydrogen-bond donors (Lipinski definition) is 3. The van der Waals surface area contributed by atoms with Crippen molar-refractivity contribution in [3.05, 3.63) is 35.0 Å². The lowest BCUT2D eigenvalue weighted by atomic mass is 10.3. The number of carbonyl (C=O) groups is 1. The van der Waals surface area contributed by atoms with Crippen LogP contribution in [0.5, 0.6) is 5.75 Å². The van der Waals surface area contributed by atoms with Crippen molar-refractivity contribution in [3.8, 4) is 5.75 Å². The molecule has 0 radical (unpaired) electrons. The van der Waals surface area contributed by atoms with Gasteiger partial charge in [0.2, 0.25) is 0 Å². The van der Waals surface area contributed by atoms with E-state index in [1.165, 1.54) is 25.3 Å². The highest BCUT2D eigenvalue weighted by molar-refractivity contribution is 7.92. The molecular weight excluding hydrogens is 322 g/mol. The average molecular weight is 332 g/mol. The van der Waals surface area contributed by atoms with Crippen molar-refractivity contribution in [3.63, 3.8) is 0 Å². The summed E-state index contributed by atoms with van der Waals surface area (Å²) in [6, 6.07) is 4.25. The number of aromatic carboxylic acids is 1. The number of anilines is 1. The standard InChI is InChI=1S/C11H10ClN3O5S/c1-20-9-3-2-6(4-8(9)12)15-21(18,19)10-7(11(16)17)5-13-14-10/h2-5,15H,1H3,(H,13,14)(H,16,17). The third-order valence-corrected chi connectivity index (χ3v) is 4.16. The number of nitrogens with zero attached hydrogens (tertiary/aromatic N) is 1. The molecule has 0 saturated heterocycles. The van der Waals surface area contributed by atoms with Gasteiger partial charge in [0, 0.05) is 0 Å². The van der Waals surface area contributed by atoms with Gasteiger partial charge in [-0.05, 0) is 18.2 Å². The van der Waals surface area contributed by atoms with Crippen molar-refractivity contribution >= 4 is 33.3 Å². The van der Waals surface area contributed by atoms with Crippen LogP contribution >= 0.6 is 11.6 Å². The van der Waals surface area contributed by atoms with Gasteiger partial charge in [0.15, 0.2) is 5.03 Å². The number of ether oxygens (including phenoxy) is 1. The molecule has 0 saturated carbocycles. The lowest BCUT2D eigenvalue weighted by Gasteiger charge is -2.09. The molecule has 21 heavy (non-hydrogen) atoms. The molecule has 2 aromatic rings. The molecule has 10 heteroatoms. The van der Waals surface area contributed by atoms with Gasteiger partial charge in [-0.15, -0.1) is 0 Å².